The van der Waals surface area contributed by atoms with Crippen LogP contribution in [-0.4, -0.2) is 41.9 Å². The van der Waals surface area contributed by atoms with Crippen molar-refractivity contribution in [1.82, 2.24) is 10.2 Å². The molecule has 2 amide bonds. The third-order valence-electron chi connectivity index (χ3n) is 4.33. The van der Waals surface area contributed by atoms with Crippen molar-refractivity contribution in [3.63, 3.8) is 0 Å². The number of likely N-dealkylation sites (tertiary alicyclic amines) is 1. The minimum atomic E-state index is -0.441. The number of nitrogens with one attached hydrogen (secondary N) is 1. The van der Waals surface area contributed by atoms with Crippen molar-refractivity contribution in [2.75, 3.05) is 13.1 Å². The summed E-state index contributed by atoms with van der Waals surface area (Å²) in [4.78, 5) is 26.2. The van der Waals surface area contributed by atoms with Crippen LogP contribution in [0.15, 0.2) is 0 Å². The van der Waals surface area contributed by atoms with Gasteiger partial charge in [0, 0.05) is 24.5 Å². The highest BCUT2D eigenvalue weighted by Crippen LogP contribution is 2.21. The van der Waals surface area contributed by atoms with Crippen LogP contribution in [0, 0.1) is 11.3 Å². The summed E-state index contributed by atoms with van der Waals surface area (Å²) in [5.41, 5.74) is 5.61. The van der Waals surface area contributed by atoms with Crippen LogP contribution < -0.4 is 11.1 Å². The Morgan fingerprint density at radius 3 is 2.24 bits per heavy atom. The first-order chi connectivity index (χ1) is 9.66. The maximum atomic E-state index is 12.2. The molecule has 2 atom stereocenters. The maximum Gasteiger partial charge on any atom is 0.237 e. The van der Waals surface area contributed by atoms with Crippen molar-refractivity contribution in [3.8, 4) is 0 Å². The minimum Gasteiger partial charge on any atom is -0.352 e. The summed E-state index contributed by atoms with van der Waals surface area (Å²) in [6.07, 6.45) is 2.51. The second-order valence-electron chi connectivity index (χ2n) is 7.24. The number of carbonyl (C=O) groups is 2. The van der Waals surface area contributed by atoms with E-state index in [2.05, 4.69) is 5.32 Å². The number of hydrogen-bond donors (Lipinski definition) is 2. The van der Waals surface area contributed by atoms with Crippen molar-refractivity contribution < 1.29 is 9.59 Å². The summed E-state index contributed by atoms with van der Waals surface area (Å²) >= 11 is 0. The number of rotatable bonds is 4. The van der Waals surface area contributed by atoms with Crippen molar-refractivity contribution >= 4 is 11.8 Å². The van der Waals surface area contributed by atoms with E-state index in [9.17, 15) is 9.59 Å². The Labute approximate surface area is 128 Å². The molecule has 0 radical (unpaired) electrons. The van der Waals surface area contributed by atoms with Gasteiger partial charge in [0.15, 0.2) is 0 Å². The van der Waals surface area contributed by atoms with Gasteiger partial charge in [-0.05, 0) is 18.8 Å². The molecule has 21 heavy (non-hydrogen) atoms. The van der Waals surface area contributed by atoms with Gasteiger partial charge in [-0.15, -0.1) is 0 Å². The highest BCUT2D eigenvalue weighted by molar-refractivity contribution is 5.82. The summed E-state index contributed by atoms with van der Waals surface area (Å²) in [5.74, 6) is 0.307. The number of carbonyl (C=O) groups excluding carboxylic acids is 2. The lowest BCUT2D eigenvalue weighted by molar-refractivity contribution is -0.140. The van der Waals surface area contributed by atoms with E-state index in [1.807, 2.05) is 39.5 Å². The van der Waals surface area contributed by atoms with E-state index in [4.69, 9.17) is 5.73 Å². The van der Waals surface area contributed by atoms with Crippen molar-refractivity contribution in [3.05, 3.63) is 0 Å². The molecule has 0 aromatic rings. The Balaban J connectivity index is 2.44. The van der Waals surface area contributed by atoms with Gasteiger partial charge in [0.1, 0.15) is 0 Å². The van der Waals surface area contributed by atoms with Crippen LogP contribution in [-0.2, 0) is 9.59 Å². The van der Waals surface area contributed by atoms with E-state index in [0.29, 0.717) is 13.1 Å². The first-order valence-corrected chi connectivity index (χ1v) is 8.02. The predicted molar refractivity (Wildman–Crippen MR) is 84.6 cm³/mol. The second-order valence-corrected chi connectivity index (χ2v) is 7.24. The summed E-state index contributed by atoms with van der Waals surface area (Å²) in [5, 5.41) is 3.03. The predicted octanol–water partition coefficient (Wildman–Crippen LogP) is 1.51. The van der Waals surface area contributed by atoms with E-state index in [-0.39, 0.29) is 29.2 Å². The van der Waals surface area contributed by atoms with Crippen LogP contribution in [0.25, 0.3) is 0 Å². The fraction of sp³-hybridized carbons (Fsp3) is 0.875. The molecule has 0 aliphatic carbocycles. The number of hydrogen-bond acceptors (Lipinski definition) is 3. The highest BCUT2D eigenvalue weighted by Gasteiger charge is 2.31. The average molecular weight is 297 g/mol. The molecule has 2 unspecified atom stereocenters. The van der Waals surface area contributed by atoms with Crippen LogP contribution in [0.3, 0.4) is 0 Å². The largest absolute Gasteiger partial charge is 0.352 e. The third-order valence-corrected chi connectivity index (χ3v) is 4.33. The SMILES string of the molecule is CCC(C)C(N)C(=O)NC1CCN(C(=O)C(C)(C)C)CC1. The summed E-state index contributed by atoms with van der Waals surface area (Å²) in [7, 11) is 0. The smallest absolute Gasteiger partial charge is 0.237 e. The minimum absolute atomic E-state index is 0.0649. The molecule has 5 heteroatoms. The van der Waals surface area contributed by atoms with Gasteiger partial charge in [-0.25, -0.2) is 0 Å². The molecular weight excluding hydrogens is 266 g/mol. The lowest BCUT2D eigenvalue weighted by Gasteiger charge is -2.36. The standard InChI is InChI=1S/C16H31N3O2/c1-6-11(2)13(17)14(20)18-12-7-9-19(10-8-12)15(21)16(3,4)5/h11-13H,6-10,17H2,1-5H3,(H,18,20). The van der Waals surface area contributed by atoms with Crippen LogP contribution in [0.5, 0.6) is 0 Å². The van der Waals surface area contributed by atoms with Gasteiger partial charge in [0.05, 0.1) is 6.04 Å². The molecule has 1 saturated heterocycles. The lowest BCUT2D eigenvalue weighted by atomic mass is 9.92. The lowest BCUT2D eigenvalue weighted by Crippen LogP contribution is -2.53. The molecule has 122 valence electrons. The number of nitrogens with two attached hydrogens (primary N) is 1. The quantitative estimate of drug-likeness (QED) is 0.826. The average Bonchev–Trinajstić information content (AvgIpc) is 2.44. The molecule has 5 nitrogen and oxygen atoms in total. The molecule has 1 aliphatic rings. The molecular formula is C16H31N3O2. The number of nitrogens with zero attached hydrogens (tertiary/aromatic N) is 1. The van der Waals surface area contributed by atoms with E-state index < -0.39 is 6.04 Å². The number of amides is 2. The molecule has 0 bridgehead atoms. The Hall–Kier alpha value is -1.10. The molecule has 1 heterocycles. The van der Waals surface area contributed by atoms with E-state index in [1.165, 1.54) is 0 Å². The van der Waals surface area contributed by atoms with Crippen LogP contribution in [0.1, 0.15) is 53.9 Å². The van der Waals surface area contributed by atoms with Gasteiger partial charge < -0.3 is 16.0 Å². The monoisotopic (exact) mass is 297 g/mol. The maximum absolute atomic E-state index is 12.2. The van der Waals surface area contributed by atoms with Gasteiger partial charge in [0.25, 0.3) is 0 Å². The first-order valence-electron chi connectivity index (χ1n) is 8.02. The molecule has 0 saturated carbocycles. The molecule has 1 fully saturated rings. The third kappa shape index (κ3) is 4.99. The van der Waals surface area contributed by atoms with Crippen LogP contribution >= 0.6 is 0 Å². The van der Waals surface area contributed by atoms with Gasteiger partial charge in [-0.1, -0.05) is 41.0 Å². The normalized spacial score (nSPS) is 20.0. The zero-order valence-corrected chi connectivity index (χ0v) is 14.1. The Morgan fingerprint density at radius 2 is 1.81 bits per heavy atom. The molecule has 0 aromatic heterocycles. The Kier molecular flexibility index (Phi) is 6.20. The van der Waals surface area contributed by atoms with Gasteiger partial charge in [0.2, 0.25) is 11.8 Å². The molecule has 1 aliphatic heterocycles. The topological polar surface area (TPSA) is 75.4 Å². The molecule has 0 aromatic carbocycles. The number of piperidine rings is 1. The Morgan fingerprint density at radius 1 is 1.29 bits per heavy atom. The van der Waals surface area contributed by atoms with Gasteiger partial charge >= 0.3 is 0 Å². The Bertz CT molecular complexity index is 368. The summed E-state index contributed by atoms with van der Waals surface area (Å²) in [6.45, 7) is 11.3. The van der Waals surface area contributed by atoms with Crippen molar-refractivity contribution in [2.24, 2.45) is 17.1 Å². The van der Waals surface area contributed by atoms with Crippen LogP contribution in [0.4, 0.5) is 0 Å². The first kappa shape index (κ1) is 18.0. The van der Waals surface area contributed by atoms with E-state index in [1.54, 1.807) is 0 Å². The van der Waals surface area contributed by atoms with Crippen LogP contribution in [0.2, 0.25) is 0 Å². The summed E-state index contributed by atoms with van der Waals surface area (Å²) in [6, 6.07) is -0.305. The second kappa shape index (κ2) is 7.25. The van der Waals surface area contributed by atoms with Gasteiger partial charge in [-0.2, -0.15) is 0 Å². The van der Waals surface area contributed by atoms with Crippen molar-refractivity contribution in [2.45, 2.75) is 66.0 Å². The molecule has 1 rings (SSSR count). The highest BCUT2D eigenvalue weighted by atomic mass is 16.2. The summed E-state index contributed by atoms with van der Waals surface area (Å²) < 4.78 is 0. The fourth-order valence-corrected chi connectivity index (χ4v) is 2.51. The molecule has 0 spiro atoms. The van der Waals surface area contributed by atoms with E-state index in [0.717, 1.165) is 19.3 Å². The fourth-order valence-electron chi connectivity index (χ4n) is 2.51. The zero-order valence-electron chi connectivity index (χ0n) is 14.1. The van der Waals surface area contributed by atoms with E-state index >= 15 is 0 Å². The van der Waals surface area contributed by atoms with Crippen molar-refractivity contribution in [1.29, 1.82) is 0 Å². The van der Waals surface area contributed by atoms with Gasteiger partial charge in [-0.3, -0.25) is 9.59 Å². The zero-order chi connectivity index (χ0) is 16.2. The molecule has 3 N–H and O–H groups in total.